The molecule has 1 atom stereocenters. The van der Waals surface area contributed by atoms with Crippen LogP contribution in [0.5, 0.6) is 0 Å². The third kappa shape index (κ3) is 6.26. The van der Waals surface area contributed by atoms with Gasteiger partial charge in [0.05, 0.1) is 0 Å². The van der Waals surface area contributed by atoms with Crippen LogP contribution in [0.1, 0.15) is 31.9 Å². The summed E-state index contributed by atoms with van der Waals surface area (Å²) in [5, 5.41) is 3.34. The van der Waals surface area contributed by atoms with E-state index >= 15 is 0 Å². The minimum atomic E-state index is 0.390. The molecule has 1 unspecified atom stereocenters. The highest BCUT2D eigenvalue weighted by Gasteiger charge is 1.97. The highest BCUT2D eigenvalue weighted by molar-refractivity contribution is 5.21. The smallest absolute Gasteiger partial charge is 0.0208 e. The molecule has 86 valence electrons. The first-order chi connectivity index (χ1) is 7.22. The van der Waals surface area contributed by atoms with Gasteiger partial charge in [0, 0.05) is 19.1 Å². The Bertz CT molecular complexity index is 241. The molecular formula is C13H24N2. The second kappa shape index (κ2) is 8.45. The van der Waals surface area contributed by atoms with Crippen LogP contribution in [0.2, 0.25) is 0 Å². The molecule has 2 nitrogen and oxygen atoms in total. The fourth-order valence-electron chi connectivity index (χ4n) is 1.08. The van der Waals surface area contributed by atoms with Crippen LogP contribution in [0, 0.1) is 6.92 Å². The lowest BCUT2D eigenvalue weighted by Crippen LogP contribution is -2.32. The van der Waals surface area contributed by atoms with E-state index in [4.69, 9.17) is 5.73 Å². The summed E-state index contributed by atoms with van der Waals surface area (Å²) < 4.78 is 0. The van der Waals surface area contributed by atoms with Crippen molar-refractivity contribution in [1.82, 2.24) is 5.32 Å². The zero-order valence-electron chi connectivity index (χ0n) is 10.4. The van der Waals surface area contributed by atoms with Gasteiger partial charge in [0.15, 0.2) is 0 Å². The number of nitrogens with two attached hydrogens (primary N) is 1. The lowest BCUT2D eigenvalue weighted by molar-refractivity contribution is 0.556. The van der Waals surface area contributed by atoms with Gasteiger partial charge < -0.3 is 11.1 Å². The third-order valence-corrected chi connectivity index (χ3v) is 2.13. The van der Waals surface area contributed by atoms with Gasteiger partial charge in [-0.2, -0.15) is 0 Å². The Balaban J connectivity index is 0.000000921. The highest BCUT2D eigenvalue weighted by atomic mass is 14.9. The first kappa shape index (κ1) is 14.1. The lowest BCUT2D eigenvalue weighted by Gasteiger charge is -2.10. The quantitative estimate of drug-likeness (QED) is 0.797. The van der Waals surface area contributed by atoms with Crippen molar-refractivity contribution in [2.45, 2.75) is 40.3 Å². The maximum absolute atomic E-state index is 5.50. The first-order valence-electron chi connectivity index (χ1n) is 5.71. The monoisotopic (exact) mass is 208 g/mol. The second-order valence-electron chi connectivity index (χ2n) is 3.50. The molecule has 0 aliphatic rings. The van der Waals surface area contributed by atoms with Gasteiger partial charge in [-0.1, -0.05) is 43.7 Å². The molecule has 0 saturated carbocycles. The van der Waals surface area contributed by atoms with Crippen molar-refractivity contribution in [2.24, 2.45) is 5.73 Å². The molecule has 1 rings (SSSR count). The number of nitrogens with one attached hydrogen (secondary N) is 1. The molecule has 3 N–H and O–H groups in total. The van der Waals surface area contributed by atoms with Crippen LogP contribution < -0.4 is 11.1 Å². The largest absolute Gasteiger partial charge is 0.329 e. The normalized spacial score (nSPS) is 11.5. The Kier molecular flexibility index (Phi) is 7.96. The van der Waals surface area contributed by atoms with Crippen molar-refractivity contribution < 1.29 is 0 Å². The summed E-state index contributed by atoms with van der Waals surface area (Å²) >= 11 is 0. The molecule has 1 aromatic carbocycles. The van der Waals surface area contributed by atoms with Gasteiger partial charge in [0.2, 0.25) is 0 Å². The average molecular weight is 208 g/mol. The molecule has 0 aliphatic heterocycles. The standard InChI is InChI=1S/C11H18N2.C2H6/c1-9-3-5-11(6-4-9)8-13-10(2)7-12;1-2/h3-6,10,13H,7-8,12H2,1-2H3;1-2H3. The number of aryl methyl sites for hydroxylation is 1. The number of hydrogen-bond donors (Lipinski definition) is 2. The summed E-state index contributed by atoms with van der Waals surface area (Å²) in [5.41, 5.74) is 8.11. The zero-order valence-corrected chi connectivity index (χ0v) is 10.4. The maximum atomic E-state index is 5.50. The lowest BCUT2D eigenvalue weighted by atomic mass is 10.1. The van der Waals surface area contributed by atoms with Crippen LogP contribution in [0.4, 0.5) is 0 Å². The van der Waals surface area contributed by atoms with Crippen molar-refractivity contribution in [2.75, 3.05) is 6.54 Å². The SMILES string of the molecule is CC.Cc1ccc(CNC(C)CN)cc1. The molecule has 0 bridgehead atoms. The second-order valence-corrected chi connectivity index (χ2v) is 3.50. The molecule has 0 saturated heterocycles. The van der Waals surface area contributed by atoms with Crippen molar-refractivity contribution in [3.8, 4) is 0 Å². The summed E-state index contributed by atoms with van der Waals surface area (Å²) in [6.07, 6.45) is 0. The summed E-state index contributed by atoms with van der Waals surface area (Å²) in [4.78, 5) is 0. The van der Waals surface area contributed by atoms with Gasteiger partial charge in [-0.3, -0.25) is 0 Å². The molecule has 1 aromatic rings. The fraction of sp³-hybridized carbons (Fsp3) is 0.538. The highest BCUT2D eigenvalue weighted by Crippen LogP contribution is 2.02. The maximum Gasteiger partial charge on any atom is 0.0208 e. The Hall–Kier alpha value is -0.860. The molecule has 0 aliphatic carbocycles. The van der Waals surface area contributed by atoms with E-state index in [1.165, 1.54) is 11.1 Å². The van der Waals surface area contributed by atoms with Gasteiger partial charge in [-0.25, -0.2) is 0 Å². The minimum absolute atomic E-state index is 0.390. The van der Waals surface area contributed by atoms with E-state index in [-0.39, 0.29) is 0 Å². The molecule has 0 spiro atoms. The Labute approximate surface area is 93.9 Å². The molecule has 0 amide bonds. The van der Waals surface area contributed by atoms with Crippen LogP contribution in [0.15, 0.2) is 24.3 Å². The zero-order chi connectivity index (χ0) is 11.7. The van der Waals surface area contributed by atoms with Gasteiger partial charge in [-0.05, 0) is 19.4 Å². The first-order valence-corrected chi connectivity index (χ1v) is 5.71. The van der Waals surface area contributed by atoms with Gasteiger partial charge in [-0.15, -0.1) is 0 Å². The fourth-order valence-corrected chi connectivity index (χ4v) is 1.08. The molecule has 0 fully saturated rings. The third-order valence-electron chi connectivity index (χ3n) is 2.13. The van der Waals surface area contributed by atoms with Crippen molar-refractivity contribution >= 4 is 0 Å². The predicted octanol–water partition coefficient (Wildman–Crippen LogP) is 2.46. The van der Waals surface area contributed by atoms with Crippen LogP contribution in [0.25, 0.3) is 0 Å². The van der Waals surface area contributed by atoms with E-state index in [0.29, 0.717) is 12.6 Å². The van der Waals surface area contributed by atoms with Crippen LogP contribution in [-0.2, 0) is 6.54 Å². The van der Waals surface area contributed by atoms with E-state index in [9.17, 15) is 0 Å². The summed E-state index contributed by atoms with van der Waals surface area (Å²) in [7, 11) is 0. The number of rotatable bonds is 4. The van der Waals surface area contributed by atoms with Crippen molar-refractivity contribution in [3.63, 3.8) is 0 Å². The van der Waals surface area contributed by atoms with E-state index < -0.39 is 0 Å². The topological polar surface area (TPSA) is 38.0 Å². The summed E-state index contributed by atoms with van der Waals surface area (Å²) in [6.45, 7) is 9.78. The summed E-state index contributed by atoms with van der Waals surface area (Å²) in [6, 6.07) is 8.94. The Morgan fingerprint density at radius 2 is 1.73 bits per heavy atom. The Morgan fingerprint density at radius 1 is 1.20 bits per heavy atom. The molecule has 0 aromatic heterocycles. The van der Waals surface area contributed by atoms with E-state index in [0.717, 1.165) is 6.54 Å². The minimum Gasteiger partial charge on any atom is -0.329 e. The average Bonchev–Trinajstić information content (AvgIpc) is 2.30. The van der Waals surface area contributed by atoms with Crippen molar-refractivity contribution in [1.29, 1.82) is 0 Å². The summed E-state index contributed by atoms with van der Waals surface area (Å²) in [5.74, 6) is 0. The van der Waals surface area contributed by atoms with Gasteiger partial charge in [0.25, 0.3) is 0 Å². The van der Waals surface area contributed by atoms with E-state index in [2.05, 4.69) is 43.4 Å². The molecular weight excluding hydrogens is 184 g/mol. The number of benzene rings is 1. The van der Waals surface area contributed by atoms with E-state index in [1.54, 1.807) is 0 Å². The molecule has 0 radical (unpaired) electrons. The molecule has 2 heteroatoms. The van der Waals surface area contributed by atoms with Crippen molar-refractivity contribution in [3.05, 3.63) is 35.4 Å². The molecule has 15 heavy (non-hydrogen) atoms. The van der Waals surface area contributed by atoms with Crippen LogP contribution in [-0.4, -0.2) is 12.6 Å². The van der Waals surface area contributed by atoms with Crippen LogP contribution >= 0.6 is 0 Å². The van der Waals surface area contributed by atoms with Gasteiger partial charge in [0.1, 0.15) is 0 Å². The Morgan fingerprint density at radius 3 is 2.20 bits per heavy atom. The number of hydrogen-bond acceptors (Lipinski definition) is 2. The van der Waals surface area contributed by atoms with E-state index in [1.807, 2.05) is 13.8 Å². The van der Waals surface area contributed by atoms with Gasteiger partial charge >= 0.3 is 0 Å². The van der Waals surface area contributed by atoms with Crippen LogP contribution in [0.3, 0.4) is 0 Å². The molecule has 0 heterocycles. The predicted molar refractivity (Wildman–Crippen MR) is 67.9 cm³/mol.